The molecule has 0 aromatic heterocycles. The average molecular weight is 230 g/mol. The Balaban J connectivity index is 2.35. The highest BCUT2D eigenvalue weighted by molar-refractivity contribution is 6.50. The van der Waals surface area contributed by atoms with E-state index in [4.69, 9.17) is 9.16 Å². The summed E-state index contributed by atoms with van der Waals surface area (Å²) < 4.78 is 11.0. The van der Waals surface area contributed by atoms with Gasteiger partial charge in [-0.3, -0.25) is 0 Å². The minimum atomic E-state index is -0.892. The van der Waals surface area contributed by atoms with Crippen molar-refractivity contribution in [2.24, 2.45) is 0 Å². The molecule has 0 aromatic rings. The van der Waals surface area contributed by atoms with Crippen LogP contribution in [0.4, 0.5) is 0 Å². The van der Waals surface area contributed by atoms with Crippen LogP contribution in [0.15, 0.2) is 12.2 Å². The molecule has 0 bridgehead atoms. The van der Waals surface area contributed by atoms with E-state index in [-0.39, 0.29) is 10.8 Å². The number of carbonyl (C=O) groups is 1. The van der Waals surface area contributed by atoms with Crippen LogP contribution < -0.4 is 0 Å². The summed E-state index contributed by atoms with van der Waals surface area (Å²) in [5.74, 6) is -0.249. The molecule has 3 nitrogen and oxygen atoms in total. The van der Waals surface area contributed by atoms with Gasteiger partial charge in [-0.25, -0.2) is 4.79 Å². The third-order valence-corrected chi connectivity index (χ3v) is 5.64. The first-order valence-corrected chi connectivity index (χ1v) is 7.28. The Hall–Kier alpha value is -0.396. The molecule has 5 heteroatoms. The van der Waals surface area contributed by atoms with Crippen molar-refractivity contribution in [2.75, 3.05) is 6.61 Å². The number of ether oxygens (including phenoxy) is 1. The first kappa shape index (κ1) is 11.7. The zero-order valence-corrected chi connectivity index (χ0v) is 12.4. The molecule has 1 saturated heterocycles. The van der Waals surface area contributed by atoms with Gasteiger partial charge < -0.3 is 9.16 Å². The largest absolute Gasteiger partial charge is 0.519 e. The van der Waals surface area contributed by atoms with Crippen molar-refractivity contribution in [1.29, 1.82) is 0 Å². The lowest BCUT2D eigenvalue weighted by Crippen LogP contribution is -2.44. The van der Waals surface area contributed by atoms with E-state index in [0.717, 1.165) is 29.7 Å². The minimum Gasteiger partial charge on any atom is -0.519 e. The van der Waals surface area contributed by atoms with Crippen LogP contribution in [0.1, 0.15) is 26.2 Å². The van der Waals surface area contributed by atoms with E-state index < -0.39 is 9.76 Å². The maximum absolute atomic E-state index is 11.2. The third-order valence-electron chi connectivity index (χ3n) is 2.41. The topological polar surface area (TPSA) is 35.5 Å². The van der Waals surface area contributed by atoms with E-state index in [1.807, 2.05) is 0 Å². The van der Waals surface area contributed by atoms with Crippen molar-refractivity contribution in [1.82, 2.24) is 0 Å². The van der Waals surface area contributed by atoms with Crippen LogP contribution in [0.3, 0.4) is 0 Å². The van der Waals surface area contributed by atoms with Gasteiger partial charge in [-0.2, -0.15) is 0 Å². The Morgan fingerprint density at radius 1 is 1.64 bits per heavy atom. The van der Waals surface area contributed by atoms with Crippen LogP contribution in [0.2, 0.25) is 0 Å². The molecule has 1 unspecified atom stereocenters. The molecule has 0 spiro atoms. The second kappa shape index (κ2) is 4.90. The molecule has 1 fully saturated rings. The molecule has 80 valence electrons. The Bertz CT molecular complexity index is 234. The molecular formula is C9H18O3Si2. The summed E-state index contributed by atoms with van der Waals surface area (Å²) in [5.41, 5.74) is 0.485. The molecule has 1 heterocycles. The number of hydrogen-bond donors (Lipinski definition) is 0. The lowest BCUT2D eigenvalue weighted by Gasteiger charge is -2.32. The predicted octanol–water partition coefficient (Wildman–Crippen LogP) is -0.591. The van der Waals surface area contributed by atoms with Crippen molar-refractivity contribution in [3.63, 3.8) is 0 Å². The molecule has 0 N–H and O–H groups in total. The molecule has 14 heavy (non-hydrogen) atoms. The van der Waals surface area contributed by atoms with Gasteiger partial charge >= 0.3 is 5.97 Å². The van der Waals surface area contributed by atoms with E-state index in [0.29, 0.717) is 5.57 Å². The first-order valence-electron chi connectivity index (χ1n) is 5.00. The van der Waals surface area contributed by atoms with Crippen molar-refractivity contribution in [3.8, 4) is 0 Å². The molecule has 1 aliphatic heterocycles. The van der Waals surface area contributed by atoms with Gasteiger partial charge in [0.15, 0.2) is 0 Å². The van der Waals surface area contributed by atoms with E-state index >= 15 is 0 Å². The summed E-state index contributed by atoms with van der Waals surface area (Å²) in [5, 5.41) is 0. The SMILES string of the molecule is C=C(C)C(=O)O[SiH2]C1([SiH3])CCCCO1. The van der Waals surface area contributed by atoms with Crippen molar-refractivity contribution in [3.05, 3.63) is 12.2 Å². The molecule has 0 radical (unpaired) electrons. The van der Waals surface area contributed by atoms with Gasteiger partial charge in [0.05, 0.1) is 4.85 Å². The number of rotatable bonds is 3. The van der Waals surface area contributed by atoms with Crippen molar-refractivity contribution in [2.45, 2.75) is 31.0 Å². The fraction of sp³-hybridized carbons (Fsp3) is 0.667. The Morgan fingerprint density at radius 2 is 2.36 bits per heavy atom. The summed E-state index contributed by atoms with van der Waals surface area (Å²) in [6.07, 6.45) is 3.43. The van der Waals surface area contributed by atoms with Crippen LogP contribution >= 0.6 is 0 Å². The zero-order valence-electron chi connectivity index (χ0n) is 8.97. The number of carbonyl (C=O) groups excluding carboxylic acids is 1. The molecule has 1 atom stereocenters. The Morgan fingerprint density at radius 3 is 2.86 bits per heavy atom. The molecule has 1 rings (SSSR count). The van der Waals surface area contributed by atoms with E-state index in [1.165, 1.54) is 6.42 Å². The molecule has 0 amide bonds. The normalized spacial score (nSPS) is 28.1. The van der Waals surface area contributed by atoms with Gasteiger partial charge in [-0.15, -0.1) is 0 Å². The standard InChI is InChI=1S/C9H18O3Si2/c1-7(2)8(10)12-14-9(13)5-3-4-6-11-9/h1,3-6,14H2,2,13H3. The van der Waals surface area contributed by atoms with Gasteiger partial charge in [-0.05, 0) is 26.2 Å². The van der Waals surface area contributed by atoms with Crippen LogP contribution in [0, 0.1) is 0 Å². The van der Waals surface area contributed by atoms with Crippen LogP contribution in [0.5, 0.6) is 0 Å². The first-order chi connectivity index (χ1) is 6.53. The lowest BCUT2D eigenvalue weighted by molar-refractivity contribution is -0.130. The van der Waals surface area contributed by atoms with Gasteiger partial charge in [0.25, 0.3) is 9.76 Å². The van der Waals surface area contributed by atoms with E-state index in [1.54, 1.807) is 6.92 Å². The smallest absolute Gasteiger partial charge is 0.319 e. The molecule has 0 saturated carbocycles. The van der Waals surface area contributed by atoms with E-state index in [9.17, 15) is 4.79 Å². The Kier molecular flexibility index (Phi) is 4.09. The number of hydrogen-bond acceptors (Lipinski definition) is 3. The third kappa shape index (κ3) is 3.40. The van der Waals surface area contributed by atoms with Gasteiger partial charge in [0, 0.05) is 22.4 Å². The van der Waals surface area contributed by atoms with Crippen molar-refractivity contribution < 1.29 is 14.0 Å². The van der Waals surface area contributed by atoms with Gasteiger partial charge in [0.2, 0.25) is 0 Å². The average Bonchev–Trinajstić information content (AvgIpc) is 2.15. The molecular weight excluding hydrogens is 212 g/mol. The van der Waals surface area contributed by atoms with Gasteiger partial charge in [-0.1, -0.05) is 6.58 Å². The highest BCUT2D eigenvalue weighted by Gasteiger charge is 2.30. The Labute approximate surface area is 90.2 Å². The van der Waals surface area contributed by atoms with Crippen molar-refractivity contribution >= 4 is 26.0 Å². The summed E-state index contributed by atoms with van der Waals surface area (Å²) >= 11 is 0. The highest BCUT2D eigenvalue weighted by Crippen LogP contribution is 2.20. The van der Waals surface area contributed by atoms with Crippen LogP contribution in [-0.4, -0.2) is 37.4 Å². The molecule has 1 aliphatic rings. The predicted molar refractivity (Wildman–Crippen MR) is 61.9 cm³/mol. The van der Waals surface area contributed by atoms with Crippen LogP contribution in [-0.2, 0) is 14.0 Å². The second-order valence-corrected chi connectivity index (χ2v) is 9.42. The molecule has 0 aliphatic carbocycles. The summed E-state index contributed by atoms with van der Waals surface area (Å²) in [7, 11) is 0.0719. The van der Waals surface area contributed by atoms with Gasteiger partial charge in [0.1, 0.15) is 0 Å². The summed E-state index contributed by atoms with van der Waals surface area (Å²) in [6.45, 7) is 6.07. The monoisotopic (exact) mass is 230 g/mol. The maximum Gasteiger partial charge on any atom is 0.319 e. The minimum absolute atomic E-state index is 0.0106. The molecule has 0 aromatic carbocycles. The van der Waals surface area contributed by atoms with E-state index in [2.05, 4.69) is 6.58 Å². The zero-order chi connectivity index (χ0) is 10.6. The fourth-order valence-electron chi connectivity index (χ4n) is 1.45. The quantitative estimate of drug-likeness (QED) is 0.480. The summed E-state index contributed by atoms with van der Waals surface area (Å²) in [6, 6.07) is 0. The second-order valence-electron chi connectivity index (χ2n) is 4.11. The highest BCUT2D eigenvalue weighted by atomic mass is 28.3. The summed E-state index contributed by atoms with van der Waals surface area (Å²) in [4.78, 5) is 11.2. The van der Waals surface area contributed by atoms with Crippen LogP contribution in [0.25, 0.3) is 0 Å². The fourth-order valence-corrected chi connectivity index (χ4v) is 3.74. The lowest BCUT2D eigenvalue weighted by atomic mass is 10.2. The maximum atomic E-state index is 11.2.